The van der Waals surface area contributed by atoms with Gasteiger partial charge in [0.15, 0.2) is 7.12 Å². The number of nitrogen functional groups attached to an aromatic ring is 1. The van der Waals surface area contributed by atoms with Crippen LogP contribution in [0.5, 0.6) is 0 Å². The Labute approximate surface area is 115 Å². The van der Waals surface area contributed by atoms with Crippen LogP contribution < -0.4 is 5.73 Å². The fourth-order valence-electron chi connectivity index (χ4n) is 2.36. The normalized spacial score (nSPS) is 20.1. The van der Waals surface area contributed by atoms with Crippen LogP contribution in [0.25, 0.3) is 0 Å². The van der Waals surface area contributed by atoms with Gasteiger partial charge in [0.25, 0.3) is 0 Å². The second kappa shape index (κ2) is 7.69. The molecule has 2 rings (SSSR count). The number of thiol groups is 1. The molecule has 1 saturated heterocycles. The average molecular weight is 266 g/mol. The third kappa shape index (κ3) is 4.54. The van der Waals surface area contributed by atoms with Crippen LogP contribution in [0.4, 0.5) is 10.1 Å². The Hall–Kier alpha value is -0.675. The van der Waals surface area contributed by atoms with Crippen molar-refractivity contribution in [3.8, 4) is 0 Å². The Morgan fingerprint density at radius 1 is 1.50 bits per heavy atom. The van der Waals surface area contributed by atoms with Crippen LogP contribution >= 0.6 is 12.5 Å². The van der Waals surface area contributed by atoms with Crippen LogP contribution in [0.15, 0.2) is 18.2 Å². The van der Waals surface area contributed by atoms with Crippen molar-refractivity contribution in [1.82, 2.24) is 4.90 Å². The zero-order chi connectivity index (χ0) is 13.5. The van der Waals surface area contributed by atoms with Crippen molar-refractivity contribution in [2.45, 2.75) is 26.3 Å². The Morgan fingerprint density at radius 2 is 2.22 bits per heavy atom. The standard InChI is InChI=1S/C13H19FN2.BHS/c1-10-3-2-6-16(8-10)9-11-4-5-12(15)7-13(11)14;1-2/h4-5,7,10H,2-3,6,8-9,15H2,1H3;2H. The molecule has 1 unspecified atom stereocenters. The summed E-state index contributed by atoms with van der Waals surface area (Å²) in [6, 6.07) is 4.97. The Balaban J connectivity index is 0.000000771. The van der Waals surface area contributed by atoms with E-state index in [9.17, 15) is 4.39 Å². The monoisotopic (exact) mass is 266 g/mol. The van der Waals surface area contributed by atoms with Gasteiger partial charge in [-0.1, -0.05) is 13.0 Å². The van der Waals surface area contributed by atoms with Crippen molar-refractivity contribution in [1.29, 1.82) is 0 Å². The smallest absolute Gasteiger partial charge is 0.156 e. The molecule has 1 atom stereocenters. The summed E-state index contributed by atoms with van der Waals surface area (Å²) < 4.78 is 13.6. The number of rotatable bonds is 2. The quantitative estimate of drug-likeness (QED) is 0.489. The molecule has 0 amide bonds. The predicted octanol–water partition coefficient (Wildman–Crippen LogP) is 2.64. The SMILES string of the molecule is CC1CCCN(Cc2ccc(N)cc2F)C1.[B]S. The van der Waals surface area contributed by atoms with Gasteiger partial charge in [-0.2, -0.15) is 0 Å². The van der Waals surface area contributed by atoms with E-state index in [-0.39, 0.29) is 5.82 Å². The van der Waals surface area contributed by atoms with E-state index >= 15 is 0 Å². The summed E-state index contributed by atoms with van der Waals surface area (Å²) in [5.41, 5.74) is 6.78. The maximum atomic E-state index is 13.6. The lowest BCUT2D eigenvalue weighted by molar-refractivity contribution is 0.175. The minimum absolute atomic E-state index is 0.182. The summed E-state index contributed by atoms with van der Waals surface area (Å²) in [5, 5.41) is 0. The number of likely N-dealkylation sites (tertiary alicyclic amines) is 1. The molecule has 2 N–H and O–H groups in total. The van der Waals surface area contributed by atoms with Crippen molar-refractivity contribution in [2.75, 3.05) is 18.8 Å². The second-order valence-electron chi connectivity index (χ2n) is 4.83. The van der Waals surface area contributed by atoms with Gasteiger partial charge in [-0.05, 0) is 37.4 Å². The highest BCUT2D eigenvalue weighted by Crippen LogP contribution is 2.19. The lowest BCUT2D eigenvalue weighted by Gasteiger charge is -2.30. The first kappa shape index (κ1) is 15.4. The van der Waals surface area contributed by atoms with E-state index in [1.165, 1.54) is 18.9 Å². The molecule has 98 valence electrons. The van der Waals surface area contributed by atoms with E-state index in [1.807, 2.05) is 0 Å². The van der Waals surface area contributed by atoms with Crippen molar-refractivity contribution in [3.63, 3.8) is 0 Å². The topological polar surface area (TPSA) is 29.3 Å². The molecule has 0 saturated carbocycles. The third-order valence-corrected chi connectivity index (χ3v) is 3.21. The van der Waals surface area contributed by atoms with Gasteiger partial charge in [-0.3, -0.25) is 4.90 Å². The van der Waals surface area contributed by atoms with E-state index in [2.05, 4.69) is 31.4 Å². The van der Waals surface area contributed by atoms with Gasteiger partial charge in [-0.15, -0.1) is 0 Å². The summed E-state index contributed by atoms with van der Waals surface area (Å²) >= 11 is 3.03. The lowest BCUT2D eigenvalue weighted by atomic mass is 10.00. The Bertz CT molecular complexity index is 376. The molecule has 1 heterocycles. The minimum Gasteiger partial charge on any atom is -0.399 e. The molecule has 1 aliphatic heterocycles. The highest BCUT2D eigenvalue weighted by molar-refractivity contribution is 8.03. The molecule has 1 aromatic rings. The van der Waals surface area contributed by atoms with Crippen molar-refractivity contribution in [2.24, 2.45) is 5.92 Å². The second-order valence-corrected chi connectivity index (χ2v) is 4.83. The number of benzene rings is 1. The molecule has 5 heteroatoms. The lowest BCUT2D eigenvalue weighted by Crippen LogP contribution is -2.33. The largest absolute Gasteiger partial charge is 0.399 e. The van der Waals surface area contributed by atoms with Crippen LogP contribution in [0, 0.1) is 11.7 Å². The van der Waals surface area contributed by atoms with Gasteiger partial charge in [0.05, 0.1) is 0 Å². The first-order valence-electron chi connectivity index (χ1n) is 6.17. The molecular formula is C13H20BFN2S. The summed E-state index contributed by atoms with van der Waals surface area (Å²) in [6.45, 7) is 5.11. The molecule has 18 heavy (non-hydrogen) atoms. The minimum atomic E-state index is -0.182. The zero-order valence-electron chi connectivity index (χ0n) is 10.8. The Kier molecular flexibility index (Phi) is 6.57. The van der Waals surface area contributed by atoms with Crippen LogP contribution in [-0.2, 0) is 6.54 Å². The molecular weight excluding hydrogens is 246 g/mol. The first-order chi connectivity index (χ1) is 8.65. The molecule has 2 nitrogen and oxygen atoms in total. The summed E-state index contributed by atoms with van der Waals surface area (Å²) in [6.07, 6.45) is 2.51. The number of halogens is 1. The van der Waals surface area contributed by atoms with Crippen LogP contribution in [-0.4, -0.2) is 25.1 Å². The zero-order valence-corrected chi connectivity index (χ0v) is 11.7. The molecule has 1 fully saturated rings. The third-order valence-electron chi connectivity index (χ3n) is 3.21. The Morgan fingerprint density at radius 3 is 2.83 bits per heavy atom. The summed E-state index contributed by atoms with van der Waals surface area (Å²) in [4.78, 5) is 2.32. The predicted molar refractivity (Wildman–Crippen MR) is 79.2 cm³/mol. The maximum Gasteiger partial charge on any atom is 0.156 e. The van der Waals surface area contributed by atoms with Crippen LogP contribution in [0.3, 0.4) is 0 Å². The molecule has 0 aliphatic carbocycles. The van der Waals surface area contributed by atoms with Crippen molar-refractivity contribution >= 4 is 25.3 Å². The summed E-state index contributed by atoms with van der Waals surface area (Å²) in [7, 11) is 4.19. The molecule has 2 radical (unpaired) electrons. The molecule has 0 spiro atoms. The van der Waals surface area contributed by atoms with E-state index in [0.717, 1.165) is 24.6 Å². The van der Waals surface area contributed by atoms with Gasteiger partial charge in [0.1, 0.15) is 5.82 Å². The van der Waals surface area contributed by atoms with Crippen molar-refractivity contribution in [3.05, 3.63) is 29.6 Å². The average Bonchev–Trinajstić information content (AvgIpc) is 2.35. The molecule has 0 bridgehead atoms. The van der Waals surface area contributed by atoms with Gasteiger partial charge >= 0.3 is 0 Å². The molecule has 1 aromatic carbocycles. The van der Waals surface area contributed by atoms with E-state index in [0.29, 0.717) is 12.2 Å². The number of hydrogen-bond acceptors (Lipinski definition) is 3. The van der Waals surface area contributed by atoms with E-state index in [4.69, 9.17) is 5.73 Å². The van der Waals surface area contributed by atoms with Gasteiger partial charge in [-0.25, -0.2) is 16.9 Å². The van der Waals surface area contributed by atoms with Gasteiger partial charge in [0, 0.05) is 24.3 Å². The van der Waals surface area contributed by atoms with E-state index in [1.54, 1.807) is 12.1 Å². The first-order valence-corrected chi connectivity index (χ1v) is 6.69. The number of hydrogen-bond donors (Lipinski definition) is 2. The maximum absolute atomic E-state index is 13.6. The van der Waals surface area contributed by atoms with Gasteiger partial charge in [0.2, 0.25) is 0 Å². The van der Waals surface area contributed by atoms with E-state index < -0.39 is 0 Å². The molecule has 0 aromatic heterocycles. The highest BCUT2D eigenvalue weighted by atomic mass is 32.1. The summed E-state index contributed by atoms with van der Waals surface area (Å²) in [5.74, 6) is 0.545. The highest BCUT2D eigenvalue weighted by Gasteiger charge is 2.17. The van der Waals surface area contributed by atoms with Crippen LogP contribution in [0.1, 0.15) is 25.3 Å². The van der Waals surface area contributed by atoms with Gasteiger partial charge < -0.3 is 5.73 Å². The number of nitrogens with two attached hydrogens (primary N) is 1. The fraction of sp³-hybridized carbons (Fsp3) is 0.538. The number of piperidine rings is 1. The van der Waals surface area contributed by atoms with Crippen LogP contribution in [0.2, 0.25) is 0 Å². The van der Waals surface area contributed by atoms with Crippen molar-refractivity contribution < 1.29 is 4.39 Å². The number of nitrogens with zero attached hydrogens (tertiary/aromatic N) is 1. The molecule has 1 aliphatic rings. The fourth-order valence-corrected chi connectivity index (χ4v) is 2.36. The number of anilines is 1.